The van der Waals surface area contributed by atoms with Crippen LogP contribution in [0.4, 0.5) is 0 Å². The Bertz CT molecular complexity index is 1170. The molecule has 0 N–H and O–H groups in total. The van der Waals surface area contributed by atoms with Crippen molar-refractivity contribution in [2.75, 3.05) is 20.8 Å². The van der Waals surface area contributed by atoms with Crippen LogP contribution in [0, 0.1) is 5.92 Å². The van der Waals surface area contributed by atoms with Gasteiger partial charge < -0.3 is 14.2 Å². The first-order chi connectivity index (χ1) is 16.4. The lowest BCUT2D eigenvalue weighted by atomic mass is 9.69. The van der Waals surface area contributed by atoms with Crippen molar-refractivity contribution in [3.63, 3.8) is 0 Å². The molecule has 0 aromatic heterocycles. The number of benzene rings is 2. The first-order valence-electron chi connectivity index (χ1n) is 11.3. The van der Waals surface area contributed by atoms with Crippen molar-refractivity contribution in [2.45, 2.75) is 38.5 Å². The molecular weight excluding hydrogens is 454 g/mol. The summed E-state index contributed by atoms with van der Waals surface area (Å²) in [4.78, 5) is 31.6. The fourth-order valence-electron chi connectivity index (χ4n) is 5.06. The molecule has 4 rings (SSSR count). The van der Waals surface area contributed by atoms with Crippen LogP contribution >= 0.6 is 11.6 Å². The molecule has 0 saturated carbocycles. The van der Waals surface area contributed by atoms with E-state index in [9.17, 15) is 9.59 Å². The Kier molecular flexibility index (Phi) is 7.08. The quantitative estimate of drug-likeness (QED) is 0.509. The minimum Gasteiger partial charge on any atom is -0.493 e. The number of rotatable bonds is 6. The molecule has 2 aromatic rings. The van der Waals surface area contributed by atoms with Gasteiger partial charge in [0.05, 0.1) is 20.8 Å². The van der Waals surface area contributed by atoms with Crippen LogP contribution in [-0.2, 0) is 14.3 Å². The second-order valence-electron chi connectivity index (χ2n) is 8.48. The lowest BCUT2D eigenvalue weighted by Gasteiger charge is -2.37. The van der Waals surface area contributed by atoms with Crippen LogP contribution in [0.5, 0.6) is 11.5 Å². The van der Waals surface area contributed by atoms with Gasteiger partial charge in [-0.05, 0) is 49.9 Å². The lowest BCUT2D eigenvalue weighted by molar-refractivity contribution is -0.146. The monoisotopic (exact) mass is 481 g/mol. The summed E-state index contributed by atoms with van der Waals surface area (Å²) < 4.78 is 16.6. The predicted octanol–water partition coefficient (Wildman–Crippen LogP) is 5.50. The minimum atomic E-state index is -0.726. The van der Waals surface area contributed by atoms with E-state index in [1.54, 1.807) is 27.2 Å². The van der Waals surface area contributed by atoms with Crippen LogP contribution in [0.3, 0.4) is 0 Å². The molecule has 1 heterocycles. The van der Waals surface area contributed by atoms with E-state index in [0.717, 1.165) is 5.56 Å². The molecule has 178 valence electrons. The number of ketones is 1. The van der Waals surface area contributed by atoms with E-state index >= 15 is 0 Å². The first-order valence-corrected chi connectivity index (χ1v) is 11.7. The highest BCUT2D eigenvalue weighted by Gasteiger charge is 2.46. The highest BCUT2D eigenvalue weighted by atomic mass is 35.5. The van der Waals surface area contributed by atoms with Gasteiger partial charge >= 0.3 is 5.97 Å². The molecule has 0 spiro atoms. The van der Waals surface area contributed by atoms with E-state index in [2.05, 4.69) is 0 Å². The van der Waals surface area contributed by atoms with Gasteiger partial charge in [-0.15, -0.1) is 0 Å². The molecule has 0 radical (unpaired) electrons. The minimum absolute atomic E-state index is 0.00735. The van der Waals surface area contributed by atoms with Gasteiger partial charge in [-0.3, -0.25) is 14.6 Å². The SMILES string of the molecule is CCOC(=O)C1C(C)=NC2=C(C(=O)C[C@@H](c3ccc(Cl)cc3)C2)[C@H]1c1cccc(OC)c1OC. The van der Waals surface area contributed by atoms with E-state index in [4.69, 9.17) is 30.8 Å². The van der Waals surface area contributed by atoms with E-state index in [1.165, 1.54) is 0 Å². The summed E-state index contributed by atoms with van der Waals surface area (Å²) in [6.07, 6.45) is 0.922. The van der Waals surface area contributed by atoms with Crippen molar-refractivity contribution < 1.29 is 23.8 Å². The number of nitrogens with zero attached hydrogens (tertiary/aromatic N) is 1. The normalized spacial score (nSPS) is 22.1. The number of hydrogen-bond acceptors (Lipinski definition) is 6. The molecule has 7 heteroatoms. The second kappa shape index (κ2) is 10.0. The zero-order valence-corrected chi connectivity index (χ0v) is 20.5. The molecule has 34 heavy (non-hydrogen) atoms. The number of ether oxygens (including phenoxy) is 3. The molecule has 0 saturated heterocycles. The van der Waals surface area contributed by atoms with Crippen LogP contribution in [0.2, 0.25) is 5.02 Å². The predicted molar refractivity (Wildman–Crippen MR) is 131 cm³/mol. The average Bonchev–Trinajstić information content (AvgIpc) is 2.82. The summed E-state index contributed by atoms with van der Waals surface area (Å²) in [6, 6.07) is 13.1. The number of hydrogen-bond donors (Lipinski definition) is 0. The Balaban J connectivity index is 1.86. The zero-order chi connectivity index (χ0) is 24.4. The van der Waals surface area contributed by atoms with Crippen LogP contribution in [0.1, 0.15) is 49.7 Å². The van der Waals surface area contributed by atoms with Gasteiger partial charge in [0, 0.05) is 39.9 Å². The topological polar surface area (TPSA) is 74.2 Å². The summed E-state index contributed by atoms with van der Waals surface area (Å²) >= 11 is 6.06. The standard InChI is InChI=1S/C27H28ClNO5/c1-5-34-27(31)23-15(2)29-20-13-17(16-9-11-18(28)12-10-16)14-21(30)25(20)24(23)19-7-6-8-22(32-3)26(19)33-4/h6-12,17,23-24H,5,13-14H2,1-4H3/t17-,23?,24-/m0/s1. The summed E-state index contributed by atoms with van der Waals surface area (Å²) in [7, 11) is 3.12. The molecule has 6 nitrogen and oxygen atoms in total. The summed E-state index contributed by atoms with van der Waals surface area (Å²) in [5, 5.41) is 0.653. The summed E-state index contributed by atoms with van der Waals surface area (Å²) in [6.45, 7) is 3.83. The molecule has 1 aliphatic carbocycles. The average molecular weight is 482 g/mol. The van der Waals surface area contributed by atoms with Crippen LogP contribution in [-0.4, -0.2) is 38.3 Å². The number of carbonyl (C=O) groups is 2. The third-order valence-corrected chi connectivity index (χ3v) is 6.79. The largest absolute Gasteiger partial charge is 0.493 e. The molecule has 2 aliphatic rings. The van der Waals surface area contributed by atoms with Crippen molar-refractivity contribution in [3.8, 4) is 11.5 Å². The number of para-hydroxylation sites is 1. The maximum absolute atomic E-state index is 13.7. The summed E-state index contributed by atoms with van der Waals surface area (Å²) in [5.41, 5.74) is 3.64. The molecule has 2 aromatic carbocycles. The molecule has 1 aliphatic heterocycles. The van der Waals surface area contributed by atoms with E-state index < -0.39 is 17.8 Å². The van der Waals surface area contributed by atoms with Crippen molar-refractivity contribution in [1.29, 1.82) is 0 Å². The maximum Gasteiger partial charge on any atom is 0.315 e. The number of aliphatic imine (C=N–C) groups is 1. The number of halogens is 1. The number of Topliss-reactive ketones (excluding diaryl/α,β-unsaturated/α-hetero) is 1. The van der Waals surface area contributed by atoms with Crippen molar-refractivity contribution in [1.82, 2.24) is 0 Å². The molecule has 0 fully saturated rings. The van der Waals surface area contributed by atoms with Gasteiger partial charge in [-0.2, -0.15) is 0 Å². The highest BCUT2D eigenvalue weighted by Crippen LogP contribution is 2.50. The third-order valence-electron chi connectivity index (χ3n) is 6.54. The lowest BCUT2D eigenvalue weighted by Crippen LogP contribution is -2.38. The molecular formula is C27H28ClNO5. The van der Waals surface area contributed by atoms with Gasteiger partial charge in [-0.25, -0.2) is 0 Å². The van der Waals surface area contributed by atoms with Crippen LogP contribution in [0.15, 0.2) is 58.7 Å². The van der Waals surface area contributed by atoms with E-state index in [0.29, 0.717) is 51.9 Å². The van der Waals surface area contributed by atoms with Crippen molar-refractivity contribution >= 4 is 29.1 Å². The third kappa shape index (κ3) is 4.34. The van der Waals surface area contributed by atoms with E-state index in [-0.39, 0.29) is 18.3 Å². The van der Waals surface area contributed by atoms with Crippen LogP contribution < -0.4 is 9.47 Å². The maximum atomic E-state index is 13.7. The first kappa shape index (κ1) is 24.0. The number of methoxy groups -OCH3 is 2. The Morgan fingerprint density at radius 1 is 1.09 bits per heavy atom. The van der Waals surface area contributed by atoms with Gasteiger partial charge in [-0.1, -0.05) is 35.9 Å². The van der Waals surface area contributed by atoms with Crippen molar-refractivity contribution in [2.24, 2.45) is 10.9 Å². The highest BCUT2D eigenvalue weighted by molar-refractivity contribution is 6.30. The van der Waals surface area contributed by atoms with Gasteiger partial charge in [0.1, 0.15) is 5.92 Å². The Hall–Kier alpha value is -3.12. The molecule has 0 amide bonds. The Morgan fingerprint density at radius 2 is 1.82 bits per heavy atom. The molecule has 3 atom stereocenters. The number of allylic oxidation sites excluding steroid dienone is 2. The number of carbonyl (C=O) groups excluding carboxylic acids is 2. The summed E-state index contributed by atoms with van der Waals surface area (Å²) in [5.74, 6) is -0.705. The zero-order valence-electron chi connectivity index (χ0n) is 19.8. The second-order valence-corrected chi connectivity index (χ2v) is 8.92. The number of esters is 1. The van der Waals surface area contributed by atoms with Crippen LogP contribution in [0.25, 0.3) is 0 Å². The Morgan fingerprint density at radius 3 is 2.47 bits per heavy atom. The Labute approximate surface area is 204 Å². The van der Waals surface area contributed by atoms with Gasteiger partial charge in [0.25, 0.3) is 0 Å². The molecule has 0 bridgehead atoms. The van der Waals surface area contributed by atoms with Gasteiger partial charge in [0.2, 0.25) is 0 Å². The molecule has 1 unspecified atom stereocenters. The van der Waals surface area contributed by atoms with Crippen molar-refractivity contribution in [3.05, 3.63) is 69.9 Å². The smallest absolute Gasteiger partial charge is 0.315 e. The fourth-order valence-corrected chi connectivity index (χ4v) is 5.19. The van der Waals surface area contributed by atoms with Gasteiger partial charge in [0.15, 0.2) is 17.3 Å². The fraction of sp³-hybridized carbons (Fsp3) is 0.370. The van der Waals surface area contributed by atoms with E-state index in [1.807, 2.05) is 43.3 Å².